The molecule has 0 aliphatic heterocycles. The van der Waals surface area contributed by atoms with E-state index < -0.39 is 0 Å². The highest BCUT2D eigenvalue weighted by Gasteiger charge is 2.19. The van der Waals surface area contributed by atoms with E-state index in [1.54, 1.807) is 12.4 Å². The third-order valence-corrected chi connectivity index (χ3v) is 3.69. The zero-order chi connectivity index (χ0) is 12.1. The van der Waals surface area contributed by atoms with Crippen LogP contribution in [-0.2, 0) is 6.42 Å². The van der Waals surface area contributed by atoms with Crippen molar-refractivity contribution in [1.29, 1.82) is 0 Å². The molecule has 1 heterocycles. The molecule has 2 unspecified atom stereocenters. The lowest BCUT2D eigenvalue weighted by Gasteiger charge is -2.27. The molecule has 2 nitrogen and oxygen atoms in total. The molecule has 0 aromatic carbocycles. The molecular formula is C13H21ClN2. The minimum atomic E-state index is 0.458. The molecule has 1 rings (SSSR count). The zero-order valence-corrected chi connectivity index (χ0v) is 11.3. The molecule has 1 aromatic rings. The lowest BCUT2D eigenvalue weighted by Crippen LogP contribution is -2.36. The van der Waals surface area contributed by atoms with Crippen LogP contribution in [0.4, 0.5) is 0 Å². The lowest BCUT2D eigenvalue weighted by atomic mass is 9.87. The highest BCUT2D eigenvalue weighted by Crippen LogP contribution is 2.21. The Balaban J connectivity index is 2.74. The lowest BCUT2D eigenvalue weighted by molar-refractivity contribution is 0.310. The van der Waals surface area contributed by atoms with Gasteiger partial charge in [-0.1, -0.05) is 32.4 Å². The van der Waals surface area contributed by atoms with Crippen LogP contribution in [0.15, 0.2) is 18.5 Å². The molecule has 0 aliphatic rings. The molecule has 0 saturated heterocycles. The Morgan fingerprint density at radius 2 is 2.06 bits per heavy atom. The second kappa shape index (κ2) is 6.21. The smallest absolute Gasteiger partial charge is 0.0621 e. The SMILES string of the molecule is CNC(Cc1ccncc1Cl)C(C)C(C)C. The number of halogens is 1. The van der Waals surface area contributed by atoms with E-state index in [1.807, 2.05) is 13.1 Å². The fourth-order valence-electron chi connectivity index (χ4n) is 1.82. The molecule has 3 heteroatoms. The van der Waals surface area contributed by atoms with Crippen LogP contribution in [0.3, 0.4) is 0 Å². The summed E-state index contributed by atoms with van der Waals surface area (Å²) < 4.78 is 0. The van der Waals surface area contributed by atoms with Gasteiger partial charge in [-0.3, -0.25) is 4.98 Å². The summed E-state index contributed by atoms with van der Waals surface area (Å²) in [6.45, 7) is 6.78. The number of pyridine rings is 1. The van der Waals surface area contributed by atoms with Gasteiger partial charge in [0.1, 0.15) is 0 Å². The molecule has 2 atom stereocenters. The minimum absolute atomic E-state index is 0.458. The van der Waals surface area contributed by atoms with Gasteiger partial charge in [-0.05, 0) is 36.9 Å². The zero-order valence-electron chi connectivity index (χ0n) is 10.5. The predicted molar refractivity (Wildman–Crippen MR) is 69.8 cm³/mol. The topological polar surface area (TPSA) is 24.9 Å². The monoisotopic (exact) mass is 240 g/mol. The second-order valence-electron chi connectivity index (χ2n) is 4.67. The van der Waals surface area contributed by atoms with E-state index in [4.69, 9.17) is 11.6 Å². The van der Waals surface area contributed by atoms with E-state index in [1.165, 1.54) is 5.56 Å². The molecule has 1 aromatic heterocycles. The standard InChI is InChI=1S/C13H21ClN2/c1-9(2)10(3)13(15-4)7-11-5-6-16-8-12(11)14/h5-6,8-10,13,15H,7H2,1-4H3. The molecule has 16 heavy (non-hydrogen) atoms. The van der Waals surface area contributed by atoms with Gasteiger partial charge in [-0.25, -0.2) is 0 Å². The molecule has 0 spiro atoms. The first-order valence-corrected chi connectivity index (χ1v) is 6.19. The number of rotatable bonds is 5. The van der Waals surface area contributed by atoms with Gasteiger partial charge in [0.25, 0.3) is 0 Å². The van der Waals surface area contributed by atoms with Crippen molar-refractivity contribution >= 4 is 11.6 Å². The van der Waals surface area contributed by atoms with Crippen LogP contribution in [0, 0.1) is 11.8 Å². The third kappa shape index (κ3) is 3.46. The average Bonchev–Trinajstić information content (AvgIpc) is 2.27. The summed E-state index contributed by atoms with van der Waals surface area (Å²) in [7, 11) is 2.01. The molecule has 0 bridgehead atoms. The highest BCUT2D eigenvalue weighted by molar-refractivity contribution is 6.31. The van der Waals surface area contributed by atoms with Gasteiger partial charge in [0.05, 0.1) is 5.02 Å². The summed E-state index contributed by atoms with van der Waals surface area (Å²) in [5.74, 6) is 1.28. The van der Waals surface area contributed by atoms with E-state index in [0.717, 1.165) is 11.4 Å². The Hall–Kier alpha value is -0.600. The van der Waals surface area contributed by atoms with Gasteiger partial charge in [0.2, 0.25) is 0 Å². The summed E-state index contributed by atoms with van der Waals surface area (Å²) in [4.78, 5) is 4.01. The van der Waals surface area contributed by atoms with E-state index in [0.29, 0.717) is 17.9 Å². The Morgan fingerprint density at radius 1 is 1.38 bits per heavy atom. The molecule has 0 fully saturated rings. The number of nitrogens with zero attached hydrogens (tertiary/aromatic N) is 1. The number of likely N-dealkylation sites (N-methyl/N-ethyl adjacent to an activating group) is 1. The van der Waals surface area contributed by atoms with Crippen molar-refractivity contribution in [3.05, 3.63) is 29.0 Å². The summed E-state index contributed by atoms with van der Waals surface area (Å²) >= 11 is 6.12. The number of aromatic nitrogens is 1. The first-order chi connectivity index (χ1) is 7.56. The Kier molecular flexibility index (Phi) is 5.23. The Labute approximate surface area is 103 Å². The average molecular weight is 241 g/mol. The van der Waals surface area contributed by atoms with E-state index >= 15 is 0 Å². The second-order valence-corrected chi connectivity index (χ2v) is 5.08. The third-order valence-electron chi connectivity index (χ3n) is 3.35. The van der Waals surface area contributed by atoms with Gasteiger partial charge in [0, 0.05) is 18.4 Å². The first kappa shape index (κ1) is 13.5. The number of hydrogen-bond donors (Lipinski definition) is 1. The number of hydrogen-bond acceptors (Lipinski definition) is 2. The van der Waals surface area contributed by atoms with Crippen LogP contribution in [-0.4, -0.2) is 18.1 Å². The fourth-order valence-corrected chi connectivity index (χ4v) is 2.02. The molecule has 0 radical (unpaired) electrons. The van der Waals surface area contributed by atoms with Crippen molar-refractivity contribution in [2.24, 2.45) is 11.8 Å². The molecule has 90 valence electrons. The van der Waals surface area contributed by atoms with Crippen LogP contribution in [0.2, 0.25) is 5.02 Å². The number of nitrogens with one attached hydrogen (secondary N) is 1. The van der Waals surface area contributed by atoms with Crippen LogP contribution < -0.4 is 5.32 Å². The summed E-state index contributed by atoms with van der Waals surface area (Å²) in [6, 6.07) is 2.46. The maximum absolute atomic E-state index is 6.12. The summed E-state index contributed by atoms with van der Waals surface area (Å²) in [5.41, 5.74) is 1.17. The quantitative estimate of drug-likeness (QED) is 0.855. The summed E-state index contributed by atoms with van der Waals surface area (Å²) in [6.07, 6.45) is 4.47. The normalized spacial score (nSPS) is 15.1. The maximum Gasteiger partial charge on any atom is 0.0621 e. The van der Waals surface area contributed by atoms with Gasteiger partial charge in [0.15, 0.2) is 0 Å². The van der Waals surface area contributed by atoms with Gasteiger partial charge < -0.3 is 5.32 Å². The van der Waals surface area contributed by atoms with E-state index in [-0.39, 0.29) is 0 Å². The maximum atomic E-state index is 6.12. The first-order valence-electron chi connectivity index (χ1n) is 5.82. The van der Waals surface area contributed by atoms with Crippen LogP contribution in [0.25, 0.3) is 0 Å². The molecule has 0 aliphatic carbocycles. The minimum Gasteiger partial charge on any atom is -0.316 e. The van der Waals surface area contributed by atoms with Crippen molar-refractivity contribution in [3.8, 4) is 0 Å². The van der Waals surface area contributed by atoms with Gasteiger partial charge in [-0.15, -0.1) is 0 Å². The Bertz CT molecular complexity index is 325. The molecule has 0 saturated carbocycles. The Morgan fingerprint density at radius 3 is 2.56 bits per heavy atom. The van der Waals surface area contributed by atoms with Crippen LogP contribution in [0.1, 0.15) is 26.3 Å². The van der Waals surface area contributed by atoms with Crippen molar-refractivity contribution in [1.82, 2.24) is 10.3 Å². The van der Waals surface area contributed by atoms with Crippen molar-refractivity contribution in [2.45, 2.75) is 33.2 Å². The van der Waals surface area contributed by atoms with E-state index in [9.17, 15) is 0 Å². The van der Waals surface area contributed by atoms with Crippen LogP contribution in [0.5, 0.6) is 0 Å². The fraction of sp³-hybridized carbons (Fsp3) is 0.615. The molecule has 1 N–H and O–H groups in total. The molecular weight excluding hydrogens is 220 g/mol. The molecule has 0 amide bonds. The van der Waals surface area contributed by atoms with Crippen molar-refractivity contribution in [2.75, 3.05) is 7.05 Å². The van der Waals surface area contributed by atoms with Crippen molar-refractivity contribution < 1.29 is 0 Å². The van der Waals surface area contributed by atoms with Gasteiger partial charge >= 0.3 is 0 Å². The highest BCUT2D eigenvalue weighted by atomic mass is 35.5. The summed E-state index contributed by atoms with van der Waals surface area (Å²) in [5, 5.41) is 4.14. The van der Waals surface area contributed by atoms with Crippen molar-refractivity contribution in [3.63, 3.8) is 0 Å². The van der Waals surface area contributed by atoms with E-state index in [2.05, 4.69) is 31.1 Å². The predicted octanol–water partition coefficient (Wildman–Crippen LogP) is 3.16. The van der Waals surface area contributed by atoms with Gasteiger partial charge in [-0.2, -0.15) is 0 Å². The largest absolute Gasteiger partial charge is 0.316 e. The van der Waals surface area contributed by atoms with Crippen LogP contribution >= 0.6 is 11.6 Å².